The lowest BCUT2D eigenvalue weighted by atomic mass is 10.2. The molecule has 0 spiro atoms. The summed E-state index contributed by atoms with van der Waals surface area (Å²) in [6.45, 7) is -0.0887. The number of fused-ring (bicyclic) bond motifs is 1. The van der Waals surface area contributed by atoms with E-state index in [0.717, 1.165) is 10.2 Å². The van der Waals surface area contributed by atoms with Gasteiger partial charge < -0.3 is 10.4 Å². The summed E-state index contributed by atoms with van der Waals surface area (Å²) in [7, 11) is 0. The molecular weight excluding hydrogens is 304 g/mol. The van der Waals surface area contributed by atoms with E-state index < -0.39 is 6.10 Å². The zero-order valence-electron chi connectivity index (χ0n) is 11.5. The fourth-order valence-corrected chi connectivity index (χ4v) is 2.76. The summed E-state index contributed by atoms with van der Waals surface area (Å²) in [5, 5.41) is 20.2. The van der Waals surface area contributed by atoms with Crippen molar-refractivity contribution in [2.45, 2.75) is 12.6 Å². The zero-order valence-corrected chi connectivity index (χ0v) is 12.4. The van der Waals surface area contributed by atoms with Gasteiger partial charge in [0.15, 0.2) is 5.65 Å². The molecule has 0 saturated carbocycles. The Balaban J connectivity index is 1.64. The highest BCUT2D eigenvalue weighted by Gasteiger charge is 2.13. The van der Waals surface area contributed by atoms with Crippen LogP contribution in [0.1, 0.15) is 11.7 Å². The second kappa shape index (κ2) is 6.12. The van der Waals surface area contributed by atoms with Gasteiger partial charge in [-0.05, 0) is 34.5 Å². The van der Waals surface area contributed by atoms with Crippen molar-refractivity contribution < 1.29 is 9.90 Å². The van der Waals surface area contributed by atoms with Crippen molar-refractivity contribution in [2.24, 2.45) is 0 Å². The first kappa shape index (κ1) is 14.5. The average Bonchev–Trinajstić information content (AvgIpc) is 3.15. The molecule has 0 aliphatic rings. The summed E-state index contributed by atoms with van der Waals surface area (Å²) < 4.78 is 2.47. The van der Waals surface area contributed by atoms with Gasteiger partial charge in [-0.1, -0.05) is 6.07 Å². The van der Waals surface area contributed by atoms with E-state index in [1.807, 2.05) is 10.8 Å². The highest BCUT2D eigenvalue weighted by molar-refractivity contribution is 7.07. The maximum atomic E-state index is 12.0. The molecule has 2 N–H and O–H groups in total. The Morgan fingerprint density at radius 1 is 1.41 bits per heavy atom. The Bertz CT molecular complexity index is 837. The molecule has 0 bridgehead atoms. The largest absolute Gasteiger partial charge is 0.387 e. The third-order valence-corrected chi connectivity index (χ3v) is 3.90. The number of aliphatic hydroxyl groups excluding tert-OH is 1. The number of carbonyl (C=O) groups is 1. The monoisotopic (exact) mass is 318 g/mol. The molecule has 1 amide bonds. The minimum Gasteiger partial charge on any atom is -0.387 e. The maximum absolute atomic E-state index is 12.0. The summed E-state index contributed by atoms with van der Waals surface area (Å²) in [5.41, 5.74) is 0.873. The number of rotatable bonds is 5. The average molecular weight is 318 g/mol. The standard InChI is InChI=1S/C14H14N4O3S/c19-11(10-4-6-22-9-10)7-15-13(20)8-18-14(21)17-5-2-1-3-12(17)16-18/h1-6,9,11,19H,7-8H2,(H,15,20). The predicted molar refractivity (Wildman–Crippen MR) is 81.7 cm³/mol. The van der Waals surface area contributed by atoms with Crippen molar-refractivity contribution in [3.05, 3.63) is 57.3 Å². The van der Waals surface area contributed by atoms with Crippen LogP contribution in [0.3, 0.4) is 0 Å². The minimum atomic E-state index is -0.756. The summed E-state index contributed by atoms with van der Waals surface area (Å²) >= 11 is 1.48. The van der Waals surface area contributed by atoms with E-state index in [9.17, 15) is 14.7 Å². The summed E-state index contributed by atoms with van der Waals surface area (Å²) in [6.07, 6.45) is 0.840. The third kappa shape index (κ3) is 2.92. The quantitative estimate of drug-likeness (QED) is 0.713. The van der Waals surface area contributed by atoms with Gasteiger partial charge in [0.05, 0.1) is 6.10 Å². The summed E-state index contributed by atoms with van der Waals surface area (Å²) in [4.78, 5) is 23.9. The number of aliphatic hydroxyl groups is 1. The van der Waals surface area contributed by atoms with Crippen molar-refractivity contribution in [1.82, 2.24) is 19.5 Å². The minimum absolute atomic E-state index is 0.0949. The second-order valence-corrected chi connectivity index (χ2v) is 5.53. The lowest BCUT2D eigenvalue weighted by Gasteiger charge is -2.10. The van der Waals surface area contributed by atoms with Crippen molar-refractivity contribution in [3.63, 3.8) is 0 Å². The molecular formula is C14H14N4O3S. The molecule has 7 nitrogen and oxygen atoms in total. The van der Waals surface area contributed by atoms with Crippen LogP contribution in [0.2, 0.25) is 0 Å². The van der Waals surface area contributed by atoms with Gasteiger partial charge in [0, 0.05) is 12.7 Å². The number of thiophene rings is 1. The van der Waals surface area contributed by atoms with E-state index in [2.05, 4.69) is 10.4 Å². The van der Waals surface area contributed by atoms with E-state index in [1.165, 1.54) is 15.7 Å². The van der Waals surface area contributed by atoms with Gasteiger partial charge in [-0.2, -0.15) is 11.3 Å². The third-order valence-electron chi connectivity index (χ3n) is 3.20. The van der Waals surface area contributed by atoms with E-state index in [4.69, 9.17) is 0 Å². The molecule has 1 unspecified atom stereocenters. The van der Waals surface area contributed by atoms with Gasteiger partial charge in [-0.25, -0.2) is 9.48 Å². The molecule has 0 saturated heterocycles. The molecule has 0 aliphatic heterocycles. The van der Waals surface area contributed by atoms with E-state index >= 15 is 0 Å². The van der Waals surface area contributed by atoms with E-state index in [0.29, 0.717) is 5.65 Å². The van der Waals surface area contributed by atoms with Crippen LogP contribution >= 0.6 is 11.3 Å². The first-order valence-electron chi connectivity index (χ1n) is 6.66. The molecule has 3 aromatic heterocycles. The Hall–Kier alpha value is -2.45. The van der Waals surface area contributed by atoms with Crippen molar-refractivity contribution in [1.29, 1.82) is 0 Å². The lowest BCUT2D eigenvalue weighted by molar-refractivity contribution is -0.122. The van der Waals surface area contributed by atoms with Crippen LogP contribution in [0.15, 0.2) is 46.0 Å². The number of hydrogen-bond donors (Lipinski definition) is 2. The number of carbonyl (C=O) groups excluding carboxylic acids is 1. The summed E-state index contributed by atoms with van der Waals surface area (Å²) in [5.74, 6) is -0.375. The maximum Gasteiger partial charge on any atom is 0.350 e. The van der Waals surface area contributed by atoms with E-state index in [-0.39, 0.29) is 24.7 Å². The molecule has 8 heteroatoms. The number of nitrogens with one attached hydrogen (secondary N) is 1. The Morgan fingerprint density at radius 2 is 2.27 bits per heavy atom. The van der Waals surface area contributed by atoms with Crippen LogP contribution in [0.4, 0.5) is 0 Å². The fourth-order valence-electron chi connectivity index (χ4n) is 2.06. The van der Waals surface area contributed by atoms with Gasteiger partial charge in [0.25, 0.3) is 0 Å². The van der Waals surface area contributed by atoms with Crippen LogP contribution in [-0.2, 0) is 11.3 Å². The first-order valence-corrected chi connectivity index (χ1v) is 7.60. The molecule has 1 atom stereocenters. The van der Waals surface area contributed by atoms with Gasteiger partial charge in [-0.3, -0.25) is 9.20 Å². The van der Waals surface area contributed by atoms with Gasteiger partial charge in [0.2, 0.25) is 5.91 Å². The van der Waals surface area contributed by atoms with Crippen LogP contribution in [-0.4, -0.2) is 31.7 Å². The highest BCUT2D eigenvalue weighted by atomic mass is 32.1. The smallest absolute Gasteiger partial charge is 0.350 e. The second-order valence-electron chi connectivity index (χ2n) is 4.75. The first-order chi connectivity index (χ1) is 10.6. The molecule has 0 fully saturated rings. The van der Waals surface area contributed by atoms with Crippen molar-refractivity contribution >= 4 is 22.9 Å². The molecule has 114 valence electrons. The van der Waals surface area contributed by atoms with Crippen molar-refractivity contribution in [2.75, 3.05) is 6.54 Å². The predicted octanol–water partition coefficient (Wildman–Crippen LogP) is 0.407. The number of pyridine rings is 1. The van der Waals surface area contributed by atoms with E-state index in [1.54, 1.807) is 30.5 Å². The Labute approximate surface area is 129 Å². The van der Waals surface area contributed by atoms with Gasteiger partial charge in [0.1, 0.15) is 6.54 Å². The van der Waals surface area contributed by atoms with Crippen LogP contribution in [0.25, 0.3) is 5.65 Å². The molecule has 0 radical (unpaired) electrons. The van der Waals surface area contributed by atoms with Gasteiger partial charge in [-0.15, -0.1) is 5.10 Å². The normalized spacial score (nSPS) is 12.4. The number of nitrogens with zero attached hydrogens (tertiary/aromatic N) is 3. The van der Waals surface area contributed by atoms with Crippen LogP contribution in [0, 0.1) is 0 Å². The van der Waals surface area contributed by atoms with Gasteiger partial charge >= 0.3 is 5.69 Å². The molecule has 3 rings (SSSR count). The molecule has 0 aromatic carbocycles. The van der Waals surface area contributed by atoms with Crippen molar-refractivity contribution in [3.8, 4) is 0 Å². The molecule has 3 aromatic rings. The Kier molecular flexibility index (Phi) is 4.03. The fraction of sp³-hybridized carbons (Fsp3) is 0.214. The van der Waals surface area contributed by atoms with Crippen LogP contribution < -0.4 is 11.0 Å². The lowest BCUT2D eigenvalue weighted by Crippen LogP contribution is -2.34. The zero-order chi connectivity index (χ0) is 15.5. The summed E-state index contributed by atoms with van der Waals surface area (Å²) in [6, 6.07) is 6.98. The number of amides is 1. The topological polar surface area (TPSA) is 88.6 Å². The molecule has 22 heavy (non-hydrogen) atoms. The molecule has 3 heterocycles. The van der Waals surface area contributed by atoms with Crippen LogP contribution in [0.5, 0.6) is 0 Å². The number of aromatic nitrogens is 3. The Morgan fingerprint density at radius 3 is 3.00 bits per heavy atom. The number of hydrogen-bond acceptors (Lipinski definition) is 5. The SMILES string of the molecule is O=C(Cn1nc2ccccn2c1=O)NCC(O)c1ccsc1. The highest BCUT2D eigenvalue weighted by Crippen LogP contribution is 2.14. The molecule has 0 aliphatic carbocycles.